The Balaban J connectivity index is 1.42. The summed E-state index contributed by atoms with van der Waals surface area (Å²) in [4.78, 5) is 24.9. The van der Waals surface area contributed by atoms with Crippen LogP contribution in [0, 0.1) is 18.6 Å². The van der Waals surface area contributed by atoms with E-state index in [1.54, 1.807) is 11.9 Å². The van der Waals surface area contributed by atoms with Crippen molar-refractivity contribution in [3.05, 3.63) is 35.5 Å². The summed E-state index contributed by atoms with van der Waals surface area (Å²) in [6.45, 7) is 3.70. The number of aromatic nitrogens is 2. The minimum atomic E-state index is -0.920. The molecule has 0 bridgehead atoms. The molecule has 1 saturated carbocycles. The zero-order valence-corrected chi connectivity index (χ0v) is 16.7. The maximum atomic E-state index is 13.3. The monoisotopic (exact) mass is 403 g/mol. The molecule has 1 aliphatic heterocycles. The zero-order chi connectivity index (χ0) is 20.9. The van der Waals surface area contributed by atoms with E-state index in [2.05, 4.69) is 15.3 Å². The molecule has 0 saturated heterocycles. The maximum absolute atomic E-state index is 13.3. The summed E-state index contributed by atoms with van der Waals surface area (Å²) >= 11 is 0. The van der Waals surface area contributed by atoms with Gasteiger partial charge in [0.1, 0.15) is 23.6 Å². The number of amides is 1. The summed E-state index contributed by atoms with van der Waals surface area (Å²) in [7, 11) is 3.58. The summed E-state index contributed by atoms with van der Waals surface area (Å²) in [6.07, 6.45) is 1.31. The summed E-state index contributed by atoms with van der Waals surface area (Å²) in [5.41, 5.74) is 1.44. The lowest BCUT2D eigenvalue weighted by atomic mass is 9.89. The molecule has 2 heterocycles. The van der Waals surface area contributed by atoms with Crippen LogP contribution < -0.4 is 19.9 Å². The number of benzene rings is 1. The lowest BCUT2D eigenvalue weighted by molar-refractivity contribution is -0.119. The van der Waals surface area contributed by atoms with E-state index in [0.717, 1.165) is 17.8 Å². The quantitative estimate of drug-likeness (QED) is 0.847. The van der Waals surface area contributed by atoms with Crippen molar-refractivity contribution in [2.75, 3.05) is 29.2 Å². The molecule has 1 aromatic carbocycles. The maximum Gasteiger partial charge on any atom is 0.249 e. The average Bonchev–Trinajstić information content (AvgIpc) is 2.65. The fourth-order valence-corrected chi connectivity index (χ4v) is 3.70. The molecule has 2 aliphatic rings. The summed E-state index contributed by atoms with van der Waals surface area (Å²) < 4.78 is 32.0. The molecule has 29 heavy (non-hydrogen) atoms. The van der Waals surface area contributed by atoms with Gasteiger partial charge < -0.3 is 19.9 Å². The summed E-state index contributed by atoms with van der Waals surface area (Å²) in [6, 6.07) is 3.35. The van der Waals surface area contributed by atoms with Crippen LogP contribution in [-0.2, 0) is 4.79 Å². The van der Waals surface area contributed by atoms with Crippen molar-refractivity contribution in [2.24, 2.45) is 0 Å². The molecule has 0 spiro atoms. The molecular weight excluding hydrogens is 380 g/mol. The molecular formula is C20H23F2N5O2. The summed E-state index contributed by atoms with van der Waals surface area (Å²) in [5, 5.41) is 3.30. The van der Waals surface area contributed by atoms with E-state index in [-0.39, 0.29) is 24.1 Å². The molecule has 2 aromatic rings. The molecule has 154 valence electrons. The van der Waals surface area contributed by atoms with E-state index in [4.69, 9.17) is 4.74 Å². The molecule has 1 atom stereocenters. The average molecular weight is 403 g/mol. The zero-order valence-electron chi connectivity index (χ0n) is 16.7. The second-order valence-electron chi connectivity index (χ2n) is 7.62. The molecule has 1 aliphatic carbocycles. The van der Waals surface area contributed by atoms with Crippen LogP contribution in [0.25, 0.3) is 0 Å². The minimum Gasteiger partial charge on any atom is -0.490 e. The first-order valence-corrected chi connectivity index (χ1v) is 9.52. The smallest absolute Gasteiger partial charge is 0.249 e. The van der Waals surface area contributed by atoms with E-state index in [9.17, 15) is 13.6 Å². The SMILES string of the molecule is Cc1nc(N[C@H]2C[C@H](Oc3ccc(F)c(F)c3)C2)nc2c1N(C)C(=O)[C@H](C)N2C. The number of nitrogens with zero attached hydrogens (tertiary/aromatic N) is 4. The van der Waals surface area contributed by atoms with Crippen molar-refractivity contribution >= 4 is 23.4 Å². The molecule has 1 N–H and O–H groups in total. The van der Waals surface area contributed by atoms with Crippen LogP contribution in [0.1, 0.15) is 25.5 Å². The van der Waals surface area contributed by atoms with Gasteiger partial charge in [0.25, 0.3) is 0 Å². The van der Waals surface area contributed by atoms with Gasteiger partial charge in [0.05, 0.1) is 5.69 Å². The predicted octanol–water partition coefficient (Wildman–Crippen LogP) is 2.89. The number of nitrogens with one attached hydrogen (secondary N) is 1. The van der Waals surface area contributed by atoms with Crippen LogP contribution in [0.2, 0.25) is 0 Å². The summed E-state index contributed by atoms with van der Waals surface area (Å²) in [5.74, 6) is -0.281. The number of hydrogen-bond donors (Lipinski definition) is 1. The molecule has 1 fully saturated rings. The topological polar surface area (TPSA) is 70.6 Å². The van der Waals surface area contributed by atoms with Gasteiger partial charge in [-0.05, 0) is 26.0 Å². The van der Waals surface area contributed by atoms with Gasteiger partial charge in [0.15, 0.2) is 17.5 Å². The van der Waals surface area contributed by atoms with Crippen LogP contribution in [0.3, 0.4) is 0 Å². The first-order chi connectivity index (χ1) is 13.7. The highest BCUT2D eigenvalue weighted by Crippen LogP contribution is 2.36. The highest BCUT2D eigenvalue weighted by atomic mass is 19.2. The van der Waals surface area contributed by atoms with E-state index in [0.29, 0.717) is 36.0 Å². The molecule has 0 radical (unpaired) electrons. The van der Waals surface area contributed by atoms with E-state index in [1.807, 2.05) is 25.8 Å². The standard InChI is InChI=1S/C20H23F2N5O2/c1-10-17-18(26(3)11(2)19(28)27(17)4)25-20(23-10)24-12-7-14(8-12)29-13-5-6-15(21)16(22)9-13/h5-6,9,11-12,14H,7-8H2,1-4H3,(H,23,24,25)/t11-,12-,14-/m0/s1. The van der Waals surface area contributed by atoms with Gasteiger partial charge in [-0.3, -0.25) is 4.79 Å². The molecule has 4 rings (SSSR count). The third-order valence-corrected chi connectivity index (χ3v) is 5.60. The third-order valence-electron chi connectivity index (χ3n) is 5.60. The molecule has 9 heteroatoms. The van der Waals surface area contributed by atoms with E-state index in [1.165, 1.54) is 6.07 Å². The number of halogens is 2. The third kappa shape index (κ3) is 3.45. The first kappa shape index (κ1) is 19.4. The Hall–Kier alpha value is -2.97. The van der Waals surface area contributed by atoms with E-state index < -0.39 is 11.6 Å². The van der Waals surface area contributed by atoms with Gasteiger partial charge in [0, 0.05) is 39.0 Å². The number of carbonyl (C=O) groups excluding carboxylic acids is 1. The Kier molecular flexibility index (Phi) is 4.76. The van der Waals surface area contributed by atoms with Crippen LogP contribution in [0.15, 0.2) is 18.2 Å². The Morgan fingerprint density at radius 2 is 1.90 bits per heavy atom. The Labute approximate surface area is 167 Å². The van der Waals surface area contributed by atoms with Crippen molar-refractivity contribution in [3.8, 4) is 5.75 Å². The lowest BCUT2D eigenvalue weighted by Gasteiger charge is -2.38. The lowest BCUT2D eigenvalue weighted by Crippen LogP contribution is -2.50. The van der Waals surface area contributed by atoms with Crippen molar-refractivity contribution < 1.29 is 18.3 Å². The second-order valence-corrected chi connectivity index (χ2v) is 7.62. The number of rotatable bonds is 4. The molecule has 1 amide bonds. The number of fused-ring (bicyclic) bond motifs is 1. The van der Waals surface area contributed by atoms with Gasteiger partial charge in [-0.25, -0.2) is 13.8 Å². The molecule has 7 nitrogen and oxygen atoms in total. The number of likely N-dealkylation sites (N-methyl/N-ethyl adjacent to an activating group) is 2. The number of anilines is 3. The van der Waals surface area contributed by atoms with Crippen LogP contribution in [0.4, 0.5) is 26.2 Å². The number of carbonyl (C=O) groups is 1. The molecule has 1 aromatic heterocycles. The fourth-order valence-electron chi connectivity index (χ4n) is 3.70. The number of ether oxygens (including phenoxy) is 1. The molecule has 0 unspecified atom stereocenters. The van der Waals surface area contributed by atoms with Crippen LogP contribution >= 0.6 is 0 Å². The number of aryl methyl sites for hydroxylation is 1. The van der Waals surface area contributed by atoms with Crippen molar-refractivity contribution in [1.82, 2.24) is 9.97 Å². The first-order valence-electron chi connectivity index (χ1n) is 9.52. The van der Waals surface area contributed by atoms with Gasteiger partial charge in [-0.2, -0.15) is 4.98 Å². The fraction of sp³-hybridized carbons (Fsp3) is 0.450. The van der Waals surface area contributed by atoms with Crippen molar-refractivity contribution in [3.63, 3.8) is 0 Å². The highest BCUT2D eigenvalue weighted by Gasteiger charge is 2.36. The largest absolute Gasteiger partial charge is 0.490 e. The van der Waals surface area contributed by atoms with Crippen LogP contribution in [0.5, 0.6) is 5.75 Å². The Bertz CT molecular complexity index is 964. The highest BCUT2D eigenvalue weighted by molar-refractivity contribution is 6.04. The second kappa shape index (κ2) is 7.13. The Morgan fingerprint density at radius 1 is 1.17 bits per heavy atom. The van der Waals surface area contributed by atoms with Gasteiger partial charge in [0.2, 0.25) is 11.9 Å². The van der Waals surface area contributed by atoms with Gasteiger partial charge in [-0.15, -0.1) is 0 Å². The minimum absolute atomic E-state index is 0.00335. The van der Waals surface area contributed by atoms with Crippen LogP contribution in [-0.4, -0.2) is 48.2 Å². The van der Waals surface area contributed by atoms with Crippen molar-refractivity contribution in [1.29, 1.82) is 0 Å². The van der Waals surface area contributed by atoms with E-state index >= 15 is 0 Å². The normalized spacial score (nSPS) is 23.5. The van der Waals surface area contributed by atoms with Crippen molar-refractivity contribution in [2.45, 2.75) is 44.9 Å². The number of hydrogen-bond acceptors (Lipinski definition) is 6. The Morgan fingerprint density at radius 3 is 2.59 bits per heavy atom. The predicted molar refractivity (Wildman–Crippen MR) is 105 cm³/mol. The van der Waals surface area contributed by atoms with Gasteiger partial charge >= 0.3 is 0 Å². The van der Waals surface area contributed by atoms with Gasteiger partial charge in [-0.1, -0.05) is 0 Å².